The van der Waals surface area contributed by atoms with Gasteiger partial charge in [-0.2, -0.15) is 0 Å². The fourth-order valence-corrected chi connectivity index (χ4v) is 1.96. The van der Waals surface area contributed by atoms with E-state index in [9.17, 15) is 9.90 Å². The minimum absolute atomic E-state index is 0.0394. The average molecular weight is 267 g/mol. The van der Waals surface area contributed by atoms with E-state index in [0.29, 0.717) is 22.8 Å². The predicted octanol–water partition coefficient (Wildman–Crippen LogP) is 1.55. The normalized spacial score (nSPS) is 14.5. The van der Waals surface area contributed by atoms with Gasteiger partial charge < -0.3 is 19.3 Å². The third-order valence-corrected chi connectivity index (χ3v) is 2.76. The van der Waals surface area contributed by atoms with E-state index in [1.807, 2.05) is 13.8 Å². The van der Waals surface area contributed by atoms with Crippen molar-refractivity contribution in [3.63, 3.8) is 0 Å². The summed E-state index contributed by atoms with van der Waals surface area (Å²) in [4.78, 5) is 11.4. The fraction of sp³-hybridized carbons (Fsp3) is 0.462. The highest BCUT2D eigenvalue weighted by atomic mass is 16.7. The molecule has 2 N–H and O–H groups in total. The molecule has 1 heterocycles. The molecule has 1 unspecified atom stereocenters. The molecule has 1 atom stereocenters. The summed E-state index contributed by atoms with van der Waals surface area (Å²) in [7, 11) is 1.51. The van der Waals surface area contributed by atoms with Crippen LogP contribution in [0.5, 0.6) is 17.2 Å². The van der Waals surface area contributed by atoms with E-state index >= 15 is 0 Å². The van der Waals surface area contributed by atoms with Crippen molar-refractivity contribution >= 4 is 5.97 Å². The number of benzene rings is 1. The highest BCUT2D eigenvalue weighted by Gasteiger charge is 2.26. The molecule has 2 rings (SSSR count). The number of rotatable bonds is 5. The number of carboxylic acids is 1. The Morgan fingerprint density at radius 2 is 2.16 bits per heavy atom. The van der Waals surface area contributed by atoms with Crippen LogP contribution in [0, 0.1) is 0 Å². The van der Waals surface area contributed by atoms with Gasteiger partial charge in [-0.1, -0.05) is 0 Å². The van der Waals surface area contributed by atoms with Crippen LogP contribution in [0.25, 0.3) is 0 Å². The fourth-order valence-electron chi connectivity index (χ4n) is 1.96. The minimum atomic E-state index is -0.949. The van der Waals surface area contributed by atoms with Crippen LogP contribution in [-0.4, -0.2) is 31.0 Å². The standard InChI is InChI=1S/C13H17NO5/c1-7(2)14-11(13(15)16)8-4-9(17-3)12-10(5-8)18-6-19-12/h4-5,7,11,14H,6H2,1-3H3,(H,15,16). The van der Waals surface area contributed by atoms with Crippen molar-refractivity contribution < 1.29 is 24.1 Å². The molecule has 0 aliphatic carbocycles. The summed E-state index contributed by atoms with van der Waals surface area (Å²) in [5.74, 6) is 0.544. The molecule has 0 spiro atoms. The molecule has 0 saturated carbocycles. The van der Waals surface area contributed by atoms with Gasteiger partial charge in [0.15, 0.2) is 11.5 Å². The Morgan fingerprint density at radius 1 is 1.42 bits per heavy atom. The van der Waals surface area contributed by atoms with E-state index in [4.69, 9.17) is 14.2 Å². The lowest BCUT2D eigenvalue weighted by Gasteiger charge is -2.18. The minimum Gasteiger partial charge on any atom is -0.493 e. The van der Waals surface area contributed by atoms with E-state index in [1.165, 1.54) is 7.11 Å². The molecule has 0 fully saturated rings. The van der Waals surface area contributed by atoms with Gasteiger partial charge in [0.05, 0.1) is 7.11 Å². The van der Waals surface area contributed by atoms with E-state index < -0.39 is 12.0 Å². The first-order valence-corrected chi connectivity index (χ1v) is 5.99. The number of nitrogens with one attached hydrogen (secondary N) is 1. The molecule has 1 aromatic rings. The van der Waals surface area contributed by atoms with Crippen molar-refractivity contribution in [2.24, 2.45) is 0 Å². The summed E-state index contributed by atoms with van der Waals surface area (Å²) >= 11 is 0. The predicted molar refractivity (Wildman–Crippen MR) is 67.8 cm³/mol. The molecular weight excluding hydrogens is 250 g/mol. The van der Waals surface area contributed by atoms with Crippen LogP contribution < -0.4 is 19.5 Å². The van der Waals surface area contributed by atoms with Gasteiger partial charge in [-0.15, -0.1) is 0 Å². The number of carboxylic acid groups (broad SMARTS) is 1. The Labute approximate surface area is 111 Å². The van der Waals surface area contributed by atoms with E-state index in [1.54, 1.807) is 12.1 Å². The van der Waals surface area contributed by atoms with Crippen molar-refractivity contribution in [1.29, 1.82) is 0 Å². The van der Waals surface area contributed by atoms with Crippen molar-refractivity contribution in [2.45, 2.75) is 25.9 Å². The number of hydrogen-bond acceptors (Lipinski definition) is 5. The molecular formula is C13H17NO5. The number of hydrogen-bond donors (Lipinski definition) is 2. The van der Waals surface area contributed by atoms with Crippen LogP contribution in [0.4, 0.5) is 0 Å². The lowest BCUT2D eigenvalue weighted by Crippen LogP contribution is -2.33. The molecule has 6 nitrogen and oxygen atoms in total. The SMILES string of the molecule is COc1cc(C(NC(C)C)C(=O)O)cc2c1OCO2. The van der Waals surface area contributed by atoms with Gasteiger partial charge in [0.1, 0.15) is 6.04 Å². The molecule has 1 aliphatic rings. The van der Waals surface area contributed by atoms with Gasteiger partial charge in [0, 0.05) is 6.04 Å². The van der Waals surface area contributed by atoms with Gasteiger partial charge in [0.2, 0.25) is 12.5 Å². The summed E-state index contributed by atoms with van der Waals surface area (Å²) in [6.07, 6.45) is 0. The van der Waals surface area contributed by atoms with Crippen molar-refractivity contribution in [3.05, 3.63) is 17.7 Å². The number of ether oxygens (including phenoxy) is 3. The molecule has 0 amide bonds. The zero-order valence-electron chi connectivity index (χ0n) is 11.1. The van der Waals surface area contributed by atoms with Crippen LogP contribution >= 0.6 is 0 Å². The first-order chi connectivity index (χ1) is 9.02. The Morgan fingerprint density at radius 3 is 2.74 bits per heavy atom. The van der Waals surface area contributed by atoms with Gasteiger partial charge in [0.25, 0.3) is 0 Å². The highest BCUT2D eigenvalue weighted by molar-refractivity contribution is 5.76. The molecule has 1 aliphatic heterocycles. The van der Waals surface area contributed by atoms with E-state index in [-0.39, 0.29) is 12.8 Å². The van der Waals surface area contributed by atoms with Gasteiger partial charge in [-0.25, -0.2) is 0 Å². The Kier molecular flexibility index (Phi) is 3.80. The zero-order valence-corrected chi connectivity index (χ0v) is 11.1. The lowest BCUT2D eigenvalue weighted by molar-refractivity contribution is -0.139. The second-order valence-corrected chi connectivity index (χ2v) is 4.55. The Bertz CT molecular complexity index is 486. The van der Waals surface area contributed by atoms with Gasteiger partial charge in [-0.3, -0.25) is 10.1 Å². The lowest BCUT2D eigenvalue weighted by atomic mass is 10.0. The summed E-state index contributed by atoms with van der Waals surface area (Å²) in [5.41, 5.74) is 0.572. The number of methoxy groups -OCH3 is 1. The molecule has 0 saturated heterocycles. The molecule has 104 valence electrons. The summed E-state index contributed by atoms with van der Waals surface area (Å²) in [6, 6.07) is 2.54. The second kappa shape index (κ2) is 5.36. The summed E-state index contributed by atoms with van der Waals surface area (Å²) in [6.45, 7) is 3.89. The number of aliphatic carboxylic acids is 1. The van der Waals surface area contributed by atoms with Crippen LogP contribution in [0.15, 0.2) is 12.1 Å². The molecule has 0 bridgehead atoms. The highest BCUT2D eigenvalue weighted by Crippen LogP contribution is 2.43. The third-order valence-electron chi connectivity index (χ3n) is 2.76. The second-order valence-electron chi connectivity index (χ2n) is 4.55. The van der Waals surface area contributed by atoms with Crippen LogP contribution in [-0.2, 0) is 4.79 Å². The van der Waals surface area contributed by atoms with Crippen LogP contribution in [0.2, 0.25) is 0 Å². The van der Waals surface area contributed by atoms with Crippen molar-refractivity contribution in [3.8, 4) is 17.2 Å². The average Bonchev–Trinajstić information content (AvgIpc) is 2.82. The molecule has 6 heteroatoms. The number of fused-ring (bicyclic) bond motifs is 1. The first-order valence-electron chi connectivity index (χ1n) is 5.99. The van der Waals surface area contributed by atoms with Crippen molar-refractivity contribution in [1.82, 2.24) is 5.32 Å². The summed E-state index contributed by atoms with van der Waals surface area (Å²) in [5, 5.41) is 12.3. The number of carbonyl (C=O) groups is 1. The van der Waals surface area contributed by atoms with Gasteiger partial charge >= 0.3 is 5.97 Å². The molecule has 0 aromatic heterocycles. The monoisotopic (exact) mass is 267 g/mol. The zero-order chi connectivity index (χ0) is 14.0. The Balaban J connectivity index is 2.40. The largest absolute Gasteiger partial charge is 0.493 e. The first kappa shape index (κ1) is 13.5. The smallest absolute Gasteiger partial charge is 0.325 e. The molecule has 19 heavy (non-hydrogen) atoms. The molecule has 0 radical (unpaired) electrons. The Hall–Kier alpha value is -1.95. The van der Waals surface area contributed by atoms with Gasteiger partial charge in [-0.05, 0) is 31.5 Å². The third kappa shape index (κ3) is 2.73. The quantitative estimate of drug-likeness (QED) is 0.842. The van der Waals surface area contributed by atoms with E-state index in [0.717, 1.165) is 0 Å². The topological polar surface area (TPSA) is 77.0 Å². The maximum Gasteiger partial charge on any atom is 0.325 e. The van der Waals surface area contributed by atoms with E-state index in [2.05, 4.69) is 5.32 Å². The maximum absolute atomic E-state index is 11.4. The van der Waals surface area contributed by atoms with Crippen molar-refractivity contribution in [2.75, 3.05) is 13.9 Å². The molecule has 1 aromatic carbocycles. The van der Waals surface area contributed by atoms with Crippen LogP contribution in [0.3, 0.4) is 0 Å². The summed E-state index contributed by atoms with van der Waals surface area (Å²) < 4.78 is 15.8. The van der Waals surface area contributed by atoms with Crippen LogP contribution in [0.1, 0.15) is 25.5 Å². The maximum atomic E-state index is 11.4.